The van der Waals surface area contributed by atoms with Crippen molar-refractivity contribution in [3.05, 3.63) is 35.9 Å². The summed E-state index contributed by atoms with van der Waals surface area (Å²) in [4.78, 5) is 13.4. The molecule has 1 saturated heterocycles. The van der Waals surface area contributed by atoms with Gasteiger partial charge < -0.3 is 15.4 Å². The minimum Gasteiger partial charge on any atom is -0.469 e. The van der Waals surface area contributed by atoms with E-state index < -0.39 is 0 Å². The van der Waals surface area contributed by atoms with E-state index in [1.165, 1.54) is 12.7 Å². The molecule has 0 aromatic heterocycles. The van der Waals surface area contributed by atoms with Crippen molar-refractivity contribution in [3.8, 4) is 0 Å². The van der Waals surface area contributed by atoms with Crippen molar-refractivity contribution >= 4 is 5.97 Å². The summed E-state index contributed by atoms with van der Waals surface area (Å²) in [6.07, 6.45) is 0.435. The highest BCUT2D eigenvalue weighted by atomic mass is 16.5. The second-order valence-corrected chi connectivity index (χ2v) is 4.77. The van der Waals surface area contributed by atoms with E-state index in [1.54, 1.807) is 0 Å². The molecule has 0 bridgehead atoms. The molecule has 0 spiro atoms. The summed E-state index contributed by atoms with van der Waals surface area (Å²) >= 11 is 0. The Morgan fingerprint density at radius 3 is 2.78 bits per heavy atom. The fourth-order valence-electron chi connectivity index (χ4n) is 2.50. The van der Waals surface area contributed by atoms with Gasteiger partial charge >= 0.3 is 5.97 Å². The van der Waals surface area contributed by atoms with Crippen LogP contribution < -0.4 is 5.73 Å². The molecule has 1 aliphatic heterocycles. The van der Waals surface area contributed by atoms with Crippen LogP contribution in [0.15, 0.2) is 30.3 Å². The predicted molar refractivity (Wildman–Crippen MR) is 70.2 cm³/mol. The number of nitrogens with zero attached hydrogens (tertiary/aromatic N) is 1. The van der Waals surface area contributed by atoms with Gasteiger partial charge in [0, 0.05) is 31.6 Å². The van der Waals surface area contributed by atoms with Crippen LogP contribution in [-0.4, -0.2) is 43.7 Å². The molecule has 4 nitrogen and oxygen atoms in total. The van der Waals surface area contributed by atoms with Gasteiger partial charge in [-0.1, -0.05) is 30.3 Å². The number of rotatable bonds is 4. The molecule has 1 aromatic rings. The molecule has 0 amide bonds. The lowest BCUT2D eigenvalue weighted by atomic mass is 9.95. The second kappa shape index (κ2) is 5.98. The number of carbonyl (C=O) groups is 1. The highest BCUT2D eigenvalue weighted by Gasteiger charge is 2.30. The maximum atomic E-state index is 11.1. The zero-order valence-electron chi connectivity index (χ0n) is 10.7. The first-order valence-electron chi connectivity index (χ1n) is 6.30. The molecule has 2 N–H and O–H groups in total. The monoisotopic (exact) mass is 248 g/mol. The van der Waals surface area contributed by atoms with Gasteiger partial charge in [-0.05, 0) is 5.56 Å². The lowest BCUT2D eigenvalue weighted by Crippen LogP contribution is -2.29. The Morgan fingerprint density at radius 2 is 2.11 bits per heavy atom. The van der Waals surface area contributed by atoms with Crippen molar-refractivity contribution in [1.82, 2.24) is 4.90 Å². The number of methoxy groups -OCH3 is 1. The molecule has 0 aliphatic carbocycles. The largest absolute Gasteiger partial charge is 0.469 e. The van der Waals surface area contributed by atoms with E-state index in [1.807, 2.05) is 18.2 Å². The summed E-state index contributed by atoms with van der Waals surface area (Å²) in [5.41, 5.74) is 7.47. The number of hydrogen-bond donors (Lipinski definition) is 1. The third-order valence-corrected chi connectivity index (χ3v) is 3.53. The highest BCUT2D eigenvalue weighted by Crippen LogP contribution is 2.26. The molecule has 4 heteroatoms. The van der Waals surface area contributed by atoms with Crippen LogP contribution in [-0.2, 0) is 9.53 Å². The second-order valence-electron chi connectivity index (χ2n) is 4.77. The van der Waals surface area contributed by atoms with E-state index in [0.717, 1.165) is 19.6 Å². The Bertz CT molecular complexity index is 394. The maximum absolute atomic E-state index is 11.1. The first-order valence-corrected chi connectivity index (χ1v) is 6.30. The maximum Gasteiger partial charge on any atom is 0.306 e. The predicted octanol–water partition coefficient (Wildman–Crippen LogP) is 0.976. The van der Waals surface area contributed by atoms with Crippen molar-refractivity contribution in [1.29, 1.82) is 0 Å². The molecule has 1 fully saturated rings. The van der Waals surface area contributed by atoms with Crippen LogP contribution in [0.1, 0.15) is 17.9 Å². The van der Waals surface area contributed by atoms with Crippen molar-refractivity contribution in [2.45, 2.75) is 18.4 Å². The summed E-state index contributed by atoms with van der Waals surface area (Å²) in [5, 5.41) is 0. The van der Waals surface area contributed by atoms with E-state index in [4.69, 9.17) is 5.73 Å². The smallest absolute Gasteiger partial charge is 0.306 e. The number of likely N-dealkylation sites (tertiary alicyclic amines) is 1. The molecular formula is C14H20N2O2. The Hall–Kier alpha value is -1.39. The average Bonchev–Trinajstić information content (AvgIpc) is 2.78. The zero-order chi connectivity index (χ0) is 13.0. The molecule has 2 atom stereocenters. The first kappa shape index (κ1) is 13.1. The quantitative estimate of drug-likeness (QED) is 0.807. The van der Waals surface area contributed by atoms with Gasteiger partial charge in [0.1, 0.15) is 0 Å². The van der Waals surface area contributed by atoms with E-state index in [0.29, 0.717) is 12.3 Å². The van der Waals surface area contributed by atoms with Crippen molar-refractivity contribution in [2.75, 3.05) is 26.7 Å². The van der Waals surface area contributed by atoms with Crippen LogP contribution in [0.2, 0.25) is 0 Å². The average molecular weight is 248 g/mol. The van der Waals surface area contributed by atoms with Crippen molar-refractivity contribution in [2.24, 2.45) is 5.73 Å². The van der Waals surface area contributed by atoms with Crippen LogP contribution in [0.3, 0.4) is 0 Å². The Balaban J connectivity index is 1.91. The fourth-order valence-corrected chi connectivity index (χ4v) is 2.50. The summed E-state index contributed by atoms with van der Waals surface area (Å²) in [6.45, 7) is 2.49. The number of hydrogen-bond acceptors (Lipinski definition) is 4. The minimum atomic E-state index is -0.160. The zero-order valence-corrected chi connectivity index (χ0v) is 10.7. The topological polar surface area (TPSA) is 55.6 Å². The Kier molecular flexibility index (Phi) is 4.33. The van der Waals surface area contributed by atoms with E-state index in [9.17, 15) is 4.79 Å². The van der Waals surface area contributed by atoms with Gasteiger partial charge in [-0.3, -0.25) is 4.79 Å². The van der Waals surface area contributed by atoms with Crippen LogP contribution in [0, 0.1) is 0 Å². The van der Waals surface area contributed by atoms with Gasteiger partial charge in [-0.15, -0.1) is 0 Å². The number of esters is 1. The number of nitrogens with two attached hydrogens (primary N) is 1. The van der Waals surface area contributed by atoms with Gasteiger partial charge in [-0.25, -0.2) is 0 Å². The normalized spacial score (nSPS) is 24.1. The lowest BCUT2D eigenvalue weighted by molar-refractivity contribution is -0.140. The summed E-state index contributed by atoms with van der Waals surface area (Å²) < 4.78 is 4.65. The molecule has 18 heavy (non-hydrogen) atoms. The molecule has 0 radical (unpaired) electrons. The highest BCUT2D eigenvalue weighted by molar-refractivity contribution is 5.69. The lowest BCUT2D eigenvalue weighted by Gasteiger charge is -2.15. The number of ether oxygens (including phenoxy) is 1. The third-order valence-electron chi connectivity index (χ3n) is 3.53. The Labute approximate surface area is 108 Å². The molecular weight excluding hydrogens is 228 g/mol. The SMILES string of the molecule is COC(=O)CCN1CC(N)C(c2ccccc2)C1. The van der Waals surface area contributed by atoms with Crippen LogP contribution in [0.4, 0.5) is 0 Å². The number of benzene rings is 1. The van der Waals surface area contributed by atoms with Gasteiger partial charge in [-0.2, -0.15) is 0 Å². The minimum absolute atomic E-state index is 0.144. The van der Waals surface area contributed by atoms with Gasteiger partial charge in [0.05, 0.1) is 13.5 Å². The third kappa shape index (κ3) is 3.09. The fraction of sp³-hybridized carbons (Fsp3) is 0.500. The molecule has 2 rings (SSSR count). The van der Waals surface area contributed by atoms with Gasteiger partial charge in [0.2, 0.25) is 0 Å². The van der Waals surface area contributed by atoms with Crippen molar-refractivity contribution < 1.29 is 9.53 Å². The Morgan fingerprint density at radius 1 is 1.39 bits per heavy atom. The van der Waals surface area contributed by atoms with E-state index >= 15 is 0 Å². The first-order chi connectivity index (χ1) is 8.70. The molecule has 1 heterocycles. The summed E-state index contributed by atoms with van der Waals surface area (Å²) in [7, 11) is 1.42. The number of carbonyl (C=O) groups excluding carboxylic acids is 1. The molecule has 98 valence electrons. The van der Waals surface area contributed by atoms with E-state index in [-0.39, 0.29) is 12.0 Å². The van der Waals surface area contributed by atoms with Crippen LogP contribution in [0.5, 0.6) is 0 Å². The van der Waals surface area contributed by atoms with E-state index in [2.05, 4.69) is 21.8 Å². The van der Waals surface area contributed by atoms with Crippen LogP contribution >= 0.6 is 0 Å². The molecule has 1 aromatic carbocycles. The summed E-state index contributed by atoms with van der Waals surface area (Å²) in [6, 6.07) is 10.5. The molecule has 2 unspecified atom stereocenters. The van der Waals surface area contributed by atoms with Gasteiger partial charge in [0.15, 0.2) is 0 Å². The standard InChI is InChI=1S/C14H20N2O2/c1-18-14(17)7-8-16-9-12(13(15)10-16)11-5-3-2-4-6-11/h2-6,12-13H,7-10,15H2,1H3. The van der Waals surface area contributed by atoms with Gasteiger partial charge in [0.25, 0.3) is 0 Å². The molecule has 1 aliphatic rings. The molecule has 0 saturated carbocycles. The van der Waals surface area contributed by atoms with Crippen molar-refractivity contribution in [3.63, 3.8) is 0 Å². The van der Waals surface area contributed by atoms with Crippen LogP contribution in [0.25, 0.3) is 0 Å². The summed E-state index contributed by atoms with van der Waals surface area (Å²) in [5.74, 6) is 0.204.